The molecular weight excluding hydrogens is 162 g/mol. The highest BCUT2D eigenvalue weighted by Crippen LogP contribution is 2.26. The van der Waals surface area contributed by atoms with Crippen LogP contribution in [0.25, 0.3) is 10.9 Å². The number of hydrogen-bond donors (Lipinski definition) is 2. The molecule has 0 aliphatic heterocycles. The Hall–Kier alpha value is -1.44. The number of rotatable bonds is 2. The van der Waals surface area contributed by atoms with Crippen molar-refractivity contribution in [2.24, 2.45) is 0 Å². The number of phenolic OH excluding ortho intramolecular Hbond substituents is 1. The highest BCUT2D eigenvalue weighted by Gasteiger charge is 2.04. The minimum atomic E-state index is 0.333. The van der Waals surface area contributed by atoms with Crippen molar-refractivity contribution in [3.63, 3.8) is 0 Å². The lowest BCUT2D eigenvalue weighted by Gasteiger charge is -1.96. The summed E-state index contributed by atoms with van der Waals surface area (Å²) in [6.07, 6.45) is 4.17. The topological polar surface area (TPSA) is 36.0 Å². The van der Waals surface area contributed by atoms with E-state index in [0.29, 0.717) is 5.75 Å². The van der Waals surface area contributed by atoms with Gasteiger partial charge in [0.15, 0.2) is 0 Å². The van der Waals surface area contributed by atoms with Crippen LogP contribution < -0.4 is 0 Å². The fourth-order valence-corrected chi connectivity index (χ4v) is 1.67. The minimum absolute atomic E-state index is 0.333. The molecule has 13 heavy (non-hydrogen) atoms. The highest BCUT2D eigenvalue weighted by atomic mass is 16.3. The van der Waals surface area contributed by atoms with Gasteiger partial charge >= 0.3 is 0 Å². The summed E-state index contributed by atoms with van der Waals surface area (Å²) in [5, 5.41) is 10.7. The van der Waals surface area contributed by atoms with E-state index < -0.39 is 0 Å². The average molecular weight is 175 g/mol. The molecular formula is C11H13NO. The number of para-hydroxylation sites is 1. The van der Waals surface area contributed by atoms with E-state index in [4.69, 9.17) is 0 Å². The van der Waals surface area contributed by atoms with Gasteiger partial charge in [-0.05, 0) is 18.1 Å². The second-order valence-electron chi connectivity index (χ2n) is 3.26. The summed E-state index contributed by atoms with van der Waals surface area (Å²) < 4.78 is 0. The molecule has 0 saturated heterocycles. The Balaban J connectivity index is 2.61. The smallest absolute Gasteiger partial charge is 0.139 e. The largest absolute Gasteiger partial charge is 0.506 e. The summed E-state index contributed by atoms with van der Waals surface area (Å²) >= 11 is 0. The number of benzene rings is 1. The molecule has 2 heteroatoms. The molecule has 2 rings (SSSR count). The predicted molar refractivity (Wildman–Crippen MR) is 54.0 cm³/mol. The van der Waals surface area contributed by atoms with Crippen molar-refractivity contribution in [3.8, 4) is 5.75 Å². The van der Waals surface area contributed by atoms with Crippen molar-refractivity contribution >= 4 is 10.9 Å². The predicted octanol–water partition coefficient (Wildman–Crippen LogP) is 2.83. The number of aromatic hydroxyl groups is 1. The molecule has 0 amide bonds. The number of H-pyrrole nitrogens is 1. The quantitative estimate of drug-likeness (QED) is 0.723. The molecule has 1 aromatic carbocycles. The van der Waals surface area contributed by atoms with E-state index in [1.807, 2.05) is 18.3 Å². The third-order valence-corrected chi connectivity index (χ3v) is 2.30. The van der Waals surface area contributed by atoms with E-state index in [-0.39, 0.29) is 0 Å². The van der Waals surface area contributed by atoms with E-state index in [2.05, 4.69) is 11.9 Å². The van der Waals surface area contributed by atoms with Crippen LogP contribution in [0, 0.1) is 0 Å². The number of nitrogens with one attached hydrogen (secondary N) is 1. The first-order chi connectivity index (χ1) is 6.33. The van der Waals surface area contributed by atoms with Crippen LogP contribution in [0.1, 0.15) is 18.9 Å². The first-order valence-corrected chi connectivity index (χ1v) is 4.61. The van der Waals surface area contributed by atoms with E-state index in [1.165, 1.54) is 5.56 Å². The van der Waals surface area contributed by atoms with Gasteiger partial charge < -0.3 is 10.1 Å². The first-order valence-electron chi connectivity index (χ1n) is 4.61. The molecule has 2 nitrogen and oxygen atoms in total. The molecule has 0 unspecified atom stereocenters. The summed E-state index contributed by atoms with van der Waals surface area (Å²) in [5.41, 5.74) is 2.14. The van der Waals surface area contributed by atoms with Crippen molar-refractivity contribution in [2.75, 3.05) is 0 Å². The maximum atomic E-state index is 9.52. The van der Waals surface area contributed by atoms with Gasteiger partial charge in [0.2, 0.25) is 0 Å². The number of aromatic amines is 1. The molecule has 0 aliphatic carbocycles. The Bertz CT molecular complexity index is 417. The summed E-state index contributed by atoms with van der Waals surface area (Å²) in [4.78, 5) is 3.09. The van der Waals surface area contributed by atoms with Crippen molar-refractivity contribution in [2.45, 2.75) is 19.8 Å². The molecule has 1 heterocycles. The van der Waals surface area contributed by atoms with Gasteiger partial charge in [-0.15, -0.1) is 0 Å². The molecule has 0 fully saturated rings. The standard InChI is InChI=1S/C11H13NO/c1-2-4-8-7-12-11-9(8)5-3-6-10(11)13/h3,5-7,12-13H,2,4H2,1H3. The van der Waals surface area contributed by atoms with Crippen LogP contribution in [0.15, 0.2) is 24.4 Å². The van der Waals surface area contributed by atoms with Gasteiger partial charge in [0.25, 0.3) is 0 Å². The van der Waals surface area contributed by atoms with Crippen LogP contribution in [0.2, 0.25) is 0 Å². The van der Waals surface area contributed by atoms with Crippen LogP contribution in [0.3, 0.4) is 0 Å². The molecule has 0 atom stereocenters. The number of aromatic nitrogens is 1. The SMILES string of the molecule is CCCc1c[nH]c2c(O)cccc12. The fraction of sp³-hybridized carbons (Fsp3) is 0.273. The minimum Gasteiger partial charge on any atom is -0.506 e. The van der Waals surface area contributed by atoms with Gasteiger partial charge in [0.05, 0.1) is 5.52 Å². The van der Waals surface area contributed by atoms with Crippen molar-refractivity contribution in [1.29, 1.82) is 0 Å². The fourth-order valence-electron chi connectivity index (χ4n) is 1.67. The Morgan fingerprint density at radius 3 is 3.00 bits per heavy atom. The first kappa shape index (κ1) is 8.17. The zero-order valence-electron chi connectivity index (χ0n) is 7.67. The van der Waals surface area contributed by atoms with Gasteiger partial charge in [0.1, 0.15) is 5.75 Å². The summed E-state index contributed by atoms with van der Waals surface area (Å²) in [5.74, 6) is 0.333. The molecule has 0 saturated carbocycles. The summed E-state index contributed by atoms with van der Waals surface area (Å²) in [7, 11) is 0. The second kappa shape index (κ2) is 3.13. The normalized spacial score (nSPS) is 10.8. The Kier molecular flexibility index (Phi) is 1.97. The number of hydrogen-bond acceptors (Lipinski definition) is 1. The van der Waals surface area contributed by atoms with E-state index in [1.54, 1.807) is 6.07 Å². The number of aryl methyl sites for hydroxylation is 1. The second-order valence-corrected chi connectivity index (χ2v) is 3.26. The monoisotopic (exact) mass is 175 g/mol. The third kappa shape index (κ3) is 1.28. The van der Waals surface area contributed by atoms with Gasteiger partial charge in [-0.25, -0.2) is 0 Å². The summed E-state index contributed by atoms with van der Waals surface area (Å²) in [6, 6.07) is 5.62. The zero-order chi connectivity index (χ0) is 9.26. The zero-order valence-corrected chi connectivity index (χ0v) is 7.67. The molecule has 0 aliphatic rings. The van der Waals surface area contributed by atoms with Crippen LogP contribution in [-0.4, -0.2) is 10.1 Å². The van der Waals surface area contributed by atoms with Crippen molar-refractivity contribution in [3.05, 3.63) is 30.0 Å². The highest BCUT2D eigenvalue weighted by molar-refractivity contribution is 5.87. The van der Waals surface area contributed by atoms with Crippen LogP contribution in [0.5, 0.6) is 5.75 Å². The molecule has 0 bridgehead atoms. The van der Waals surface area contributed by atoms with Crippen LogP contribution in [-0.2, 0) is 6.42 Å². The summed E-state index contributed by atoms with van der Waals surface area (Å²) in [6.45, 7) is 2.15. The number of phenols is 1. The van der Waals surface area contributed by atoms with Crippen LogP contribution >= 0.6 is 0 Å². The Labute approximate surface area is 77.2 Å². The molecule has 0 radical (unpaired) electrons. The average Bonchev–Trinajstić information content (AvgIpc) is 2.51. The Morgan fingerprint density at radius 1 is 1.38 bits per heavy atom. The van der Waals surface area contributed by atoms with Crippen molar-refractivity contribution in [1.82, 2.24) is 4.98 Å². The van der Waals surface area contributed by atoms with Crippen LogP contribution in [0.4, 0.5) is 0 Å². The number of fused-ring (bicyclic) bond motifs is 1. The molecule has 2 aromatic rings. The van der Waals surface area contributed by atoms with E-state index >= 15 is 0 Å². The maximum Gasteiger partial charge on any atom is 0.139 e. The molecule has 0 spiro atoms. The lowest BCUT2D eigenvalue weighted by molar-refractivity contribution is 0.480. The molecule has 68 valence electrons. The molecule has 1 aromatic heterocycles. The van der Waals surface area contributed by atoms with E-state index in [0.717, 1.165) is 23.7 Å². The van der Waals surface area contributed by atoms with E-state index in [9.17, 15) is 5.11 Å². The lowest BCUT2D eigenvalue weighted by atomic mass is 10.1. The Morgan fingerprint density at radius 2 is 2.23 bits per heavy atom. The third-order valence-electron chi connectivity index (χ3n) is 2.30. The lowest BCUT2D eigenvalue weighted by Crippen LogP contribution is -1.78. The van der Waals surface area contributed by atoms with Crippen molar-refractivity contribution < 1.29 is 5.11 Å². The molecule has 2 N–H and O–H groups in total. The van der Waals surface area contributed by atoms with Gasteiger partial charge in [-0.1, -0.05) is 25.5 Å². The van der Waals surface area contributed by atoms with Gasteiger partial charge in [-0.3, -0.25) is 0 Å². The van der Waals surface area contributed by atoms with Gasteiger partial charge in [0, 0.05) is 11.6 Å². The maximum absolute atomic E-state index is 9.52. The van der Waals surface area contributed by atoms with Gasteiger partial charge in [-0.2, -0.15) is 0 Å².